The summed E-state index contributed by atoms with van der Waals surface area (Å²) in [5.41, 5.74) is 7.94. The van der Waals surface area contributed by atoms with Crippen LogP contribution in [0.4, 0.5) is 11.4 Å². The van der Waals surface area contributed by atoms with Crippen molar-refractivity contribution in [2.24, 2.45) is 0 Å². The van der Waals surface area contributed by atoms with Gasteiger partial charge in [0.2, 0.25) is 0 Å². The Morgan fingerprint density at radius 2 is 2.19 bits per heavy atom. The fourth-order valence-electron chi connectivity index (χ4n) is 2.04. The maximum Gasteiger partial charge on any atom is 0.251 e. The minimum absolute atomic E-state index is 0.183. The van der Waals surface area contributed by atoms with Gasteiger partial charge in [-0.05, 0) is 25.1 Å². The van der Waals surface area contributed by atoms with E-state index in [0.717, 1.165) is 18.1 Å². The van der Waals surface area contributed by atoms with Gasteiger partial charge in [-0.25, -0.2) is 0 Å². The van der Waals surface area contributed by atoms with Crippen molar-refractivity contribution in [3.63, 3.8) is 0 Å². The molecule has 112 valence electrons. The molecule has 0 atom stereocenters. The molecule has 0 spiro atoms. The molecule has 0 aliphatic heterocycles. The summed E-state index contributed by atoms with van der Waals surface area (Å²) in [5, 5.41) is 10.6. The molecule has 21 heavy (non-hydrogen) atoms. The molecule has 0 bridgehead atoms. The van der Waals surface area contributed by atoms with Crippen LogP contribution in [0.2, 0.25) is 0 Å². The topological polar surface area (TPSA) is 89.1 Å². The van der Waals surface area contributed by atoms with Crippen molar-refractivity contribution in [3.8, 4) is 0 Å². The highest BCUT2D eigenvalue weighted by atomic mass is 16.1. The van der Waals surface area contributed by atoms with E-state index >= 15 is 0 Å². The molecule has 0 radical (unpaired) electrons. The predicted molar refractivity (Wildman–Crippen MR) is 82.0 cm³/mol. The minimum atomic E-state index is -0.183. The first-order chi connectivity index (χ1) is 10.0. The second-order valence-corrected chi connectivity index (χ2v) is 4.88. The predicted octanol–water partition coefficient (Wildman–Crippen LogP) is 0.876. The number of anilines is 2. The number of aryl methyl sites for hydroxylation is 1. The lowest BCUT2D eigenvalue weighted by atomic mass is 10.1. The summed E-state index contributed by atoms with van der Waals surface area (Å²) in [7, 11) is 3.81. The smallest absolute Gasteiger partial charge is 0.251 e. The Bertz CT molecular complexity index is 634. The van der Waals surface area contributed by atoms with E-state index in [-0.39, 0.29) is 5.91 Å². The Hall–Kier alpha value is -2.57. The van der Waals surface area contributed by atoms with Crippen molar-refractivity contribution in [3.05, 3.63) is 35.9 Å². The van der Waals surface area contributed by atoms with Crippen LogP contribution in [0.25, 0.3) is 0 Å². The molecule has 1 aromatic heterocycles. The molecule has 0 saturated carbocycles. The zero-order valence-electron chi connectivity index (χ0n) is 12.5. The first-order valence-corrected chi connectivity index (χ1v) is 6.74. The van der Waals surface area contributed by atoms with Gasteiger partial charge in [0, 0.05) is 26.2 Å². The first-order valence-electron chi connectivity index (χ1n) is 6.74. The molecular formula is C14H20N6O. The summed E-state index contributed by atoms with van der Waals surface area (Å²) in [4.78, 5) is 14.0. The molecular weight excluding hydrogens is 268 g/mol. The second-order valence-electron chi connectivity index (χ2n) is 4.88. The van der Waals surface area contributed by atoms with Crippen LogP contribution in [0.15, 0.2) is 24.5 Å². The standard InChI is InChI=1S/C14H20N6O/c1-4-20-9-17-18-13(20)8-16-14(21)10-5-6-12(19(2)3)11(15)7-10/h5-7,9H,4,8,15H2,1-3H3,(H,16,21). The van der Waals surface area contributed by atoms with E-state index in [1.54, 1.807) is 18.5 Å². The monoisotopic (exact) mass is 288 g/mol. The number of nitrogen functional groups attached to an aromatic ring is 1. The molecule has 0 saturated heterocycles. The zero-order chi connectivity index (χ0) is 15.4. The highest BCUT2D eigenvalue weighted by Gasteiger charge is 2.10. The highest BCUT2D eigenvalue weighted by molar-refractivity contribution is 5.96. The lowest BCUT2D eigenvalue weighted by molar-refractivity contribution is 0.0949. The lowest BCUT2D eigenvalue weighted by Crippen LogP contribution is -2.25. The van der Waals surface area contributed by atoms with E-state index in [4.69, 9.17) is 5.73 Å². The molecule has 3 N–H and O–H groups in total. The van der Waals surface area contributed by atoms with Crippen LogP contribution in [-0.4, -0.2) is 34.8 Å². The van der Waals surface area contributed by atoms with E-state index in [1.807, 2.05) is 36.6 Å². The molecule has 2 aromatic rings. The number of hydrogen-bond acceptors (Lipinski definition) is 5. The molecule has 2 rings (SSSR count). The van der Waals surface area contributed by atoms with Gasteiger partial charge in [-0.3, -0.25) is 4.79 Å². The number of benzene rings is 1. The van der Waals surface area contributed by atoms with E-state index in [0.29, 0.717) is 17.8 Å². The van der Waals surface area contributed by atoms with Crippen LogP contribution in [0.1, 0.15) is 23.1 Å². The van der Waals surface area contributed by atoms with E-state index in [9.17, 15) is 4.79 Å². The number of aromatic nitrogens is 3. The molecule has 1 amide bonds. The fourth-order valence-corrected chi connectivity index (χ4v) is 2.04. The average Bonchev–Trinajstić information content (AvgIpc) is 2.91. The molecule has 7 nitrogen and oxygen atoms in total. The van der Waals surface area contributed by atoms with E-state index < -0.39 is 0 Å². The summed E-state index contributed by atoms with van der Waals surface area (Å²) in [6, 6.07) is 5.26. The summed E-state index contributed by atoms with van der Waals surface area (Å²) < 4.78 is 1.88. The number of nitrogens with two attached hydrogens (primary N) is 1. The maximum absolute atomic E-state index is 12.1. The van der Waals surface area contributed by atoms with Gasteiger partial charge in [-0.1, -0.05) is 0 Å². The number of nitrogens with one attached hydrogen (secondary N) is 1. The van der Waals surface area contributed by atoms with Gasteiger partial charge in [-0.2, -0.15) is 0 Å². The van der Waals surface area contributed by atoms with Gasteiger partial charge in [0.25, 0.3) is 5.91 Å². The third kappa shape index (κ3) is 3.31. The zero-order valence-corrected chi connectivity index (χ0v) is 12.5. The Morgan fingerprint density at radius 1 is 1.43 bits per heavy atom. The van der Waals surface area contributed by atoms with Crippen LogP contribution < -0.4 is 16.0 Å². The Kier molecular flexibility index (Phi) is 4.42. The van der Waals surface area contributed by atoms with Gasteiger partial charge < -0.3 is 20.5 Å². The second kappa shape index (κ2) is 6.25. The van der Waals surface area contributed by atoms with Gasteiger partial charge in [0.15, 0.2) is 5.82 Å². The fraction of sp³-hybridized carbons (Fsp3) is 0.357. The van der Waals surface area contributed by atoms with Gasteiger partial charge >= 0.3 is 0 Å². The van der Waals surface area contributed by atoms with Crippen LogP contribution in [0, 0.1) is 0 Å². The summed E-state index contributed by atoms with van der Waals surface area (Å²) >= 11 is 0. The third-order valence-electron chi connectivity index (χ3n) is 3.22. The summed E-state index contributed by atoms with van der Waals surface area (Å²) in [6.07, 6.45) is 1.64. The van der Waals surface area contributed by atoms with Gasteiger partial charge in [-0.15, -0.1) is 10.2 Å². The molecule has 0 aliphatic carbocycles. The Labute approximate surface area is 123 Å². The van der Waals surface area contributed by atoms with E-state index in [2.05, 4.69) is 15.5 Å². The first kappa shape index (κ1) is 14.8. The SMILES string of the molecule is CCn1cnnc1CNC(=O)c1ccc(N(C)C)c(N)c1. The Morgan fingerprint density at radius 3 is 2.81 bits per heavy atom. The Balaban J connectivity index is 2.05. The van der Waals surface area contributed by atoms with E-state index in [1.165, 1.54) is 0 Å². The molecule has 0 fully saturated rings. The molecule has 0 aliphatic rings. The number of hydrogen-bond donors (Lipinski definition) is 2. The largest absolute Gasteiger partial charge is 0.397 e. The number of carbonyl (C=O) groups excluding carboxylic acids is 1. The van der Waals surface area contributed by atoms with Crippen molar-refractivity contribution < 1.29 is 4.79 Å². The summed E-state index contributed by atoms with van der Waals surface area (Å²) in [5.74, 6) is 0.543. The van der Waals surface area contributed by atoms with Crippen molar-refractivity contribution in [1.82, 2.24) is 20.1 Å². The van der Waals surface area contributed by atoms with Gasteiger partial charge in [0.05, 0.1) is 17.9 Å². The van der Waals surface area contributed by atoms with Crippen LogP contribution in [0.3, 0.4) is 0 Å². The van der Waals surface area contributed by atoms with Crippen molar-refractivity contribution in [2.75, 3.05) is 24.7 Å². The van der Waals surface area contributed by atoms with Crippen molar-refractivity contribution >= 4 is 17.3 Å². The lowest BCUT2D eigenvalue weighted by Gasteiger charge is -2.15. The minimum Gasteiger partial charge on any atom is -0.397 e. The number of amides is 1. The van der Waals surface area contributed by atoms with Gasteiger partial charge in [0.1, 0.15) is 6.33 Å². The maximum atomic E-state index is 12.1. The van der Waals surface area contributed by atoms with Crippen LogP contribution in [-0.2, 0) is 13.1 Å². The average molecular weight is 288 g/mol. The number of nitrogens with zero attached hydrogens (tertiary/aromatic N) is 4. The quantitative estimate of drug-likeness (QED) is 0.797. The molecule has 1 heterocycles. The van der Waals surface area contributed by atoms with Crippen molar-refractivity contribution in [1.29, 1.82) is 0 Å². The van der Waals surface area contributed by atoms with Crippen molar-refractivity contribution in [2.45, 2.75) is 20.0 Å². The normalized spacial score (nSPS) is 10.4. The highest BCUT2D eigenvalue weighted by Crippen LogP contribution is 2.22. The van der Waals surface area contributed by atoms with Crippen LogP contribution in [0.5, 0.6) is 0 Å². The molecule has 0 unspecified atom stereocenters. The number of rotatable bonds is 5. The summed E-state index contributed by atoms with van der Waals surface area (Å²) in [6.45, 7) is 3.10. The molecule has 1 aromatic carbocycles. The third-order valence-corrected chi connectivity index (χ3v) is 3.22. The molecule has 7 heteroatoms. The van der Waals surface area contributed by atoms with Crippen LogP contribution >= 0.6 is 0 Å². The number of carbonyl (C=O) groups is 1.